The van der Waals surface area contributed by atoms with Crippen molar-refractivity contribution in [2.24, 2.45) is 0 Å². The van der Waals surface area contributed by atoms with Gasteiger partial charge in [-0.25, -0.2) is 0 Å². The van der Waals surface area contributed by atoms with E-state index in [1.54, 1.807) is 0 Å². The van der Waals surface area contributed by atoms with Gasteiger partial charge in [0.05, 0.1) is 74.1 Å². The van der Waals surface area contributed by atoms with E-state index in [2.05, 4.69) is 243 Å². The van der Waals surface area contributed by atoms with Crippen molar-refractivity contribution < 1.29 is 17.1 Å². The van der Waals surface area contributed by atoms with Crippen LogP contribution in [0.5, 0.6) is 0 Å². The Morgan fingerprint density at radius 1 is 0.175 bits per heavy atom. The van der Waals surface area contributed by atoms with Gasteiger partial charge in [-0.15, -0.1) is 0 Å². The van der Waals surface area contributed by atoms with Gasteiger partial charge in [-0.05, 0) is 97.1 Å². The standard InChI is InChI=1S/2C26H24P2.Fe/c2*1-5-13-23(14-6-1)27(24-15-7-2-8-16-24)21-22-28(25-17-9-3-10-18-25)26-19-11-4-12-20-26;/h2*1-20H,21-22H2;/p+4. The molecule has 0 N–H and O–H groups in total. The van der Waals surface area contributed by atoms with Gasteiger partial charge in [0.15, 0.2) is 0 Å². The van der Waals surface area contributed by atoms with Crippen LogP contribution in [0.2, 0.25) is 0 Å². The van der Waals surface area contributed by atoms with E-state index in [0.29, 0.717) is 0 Å². The molecular weight excluding hydrogens is 804 g/mol. The summed E-state index contributed by atoms with van der Waals surface area (Å²) in [6.07, 6.45) is 5.04. The molecule has 8 aromatic rings. The molecule has 0 spiro atoms. The van der Waals surface area contributed by atoms with Crippen LogP contribution in [0.1, 0.15) is 0 Å². The molecule has 0 aliphatic carbocycles. The summed E-state index contributed by atoms with van der Waals surface area (Å²) in [5.41, 5.74) is 0. The van der Waals surface area contributed by atoms with Crippen molar-refractivity contribution in [2.75, 3.05) is 24.6 Å². The summed E-state index contributed by atoms with van der Waals surface area (Å²) in [5, 5.41) is 12.1. The molecule has 0 saturated heterocycles. The van der Waals surface area contributed by atoms with Gasteiger partial charge < -0.3 is 0 Å². The first-order valence-electron chi connectivity index (χ1n) is 19.7. The molecule has 0 aliphatic rings. The van der Waals surface area contributed by atoms with Crippen molar-refractivity contribution in [1.82, 2.24) is 0 Å². The minimum Gasteiger partial charge on any atom is -0.0620 e. The smallest absolute Gasteiger partial charge is 0.0620 e. The largest absolute Gasteiger partial charge is 0.101 e. The maximum Gasteiger partial charge on any atom is 0.101 e. The van der Waals surface area contributed by atoms with Crippen LogP contribution in [0.3, 0.4) is 0 Å². The van der Waals surface area contributed by atoms with Gasteiger partial charge in [0.25, 0.3) is 0 Å². The Bertz CT molecular complexity index is 1760. The molecule has 0 bridgehead atoms. The molecule has 0 fully saturated rings. The van der Waals surface area contributed by atoms with Gasteiger partial charge in [-0.2, -0.15) is 0 Å². The van der Waals surface area contributed by atoms with E-state index >= 15 is 0 Å². The van der Waals surface area contributed by atoms with Crippen molar-refractivity contribution in [1.29, 1.82) is 0 Å². The van der Waals surface area contributed by atoms with Crippen LogP contribution >= 0.6 is 31.7 Å². The van der Waals surface area contributed by atoms with Gasteiger partial charge in [-0.3, -0.25) is 0 Å². The Morgan fingerprint density at radius 3 is 0.386 bits per heavy atom. The van der Waals surface area contributed by atoms with Gasteiger partial charge in [0.1, 0.15) is 24.6 Å². The predicted octanol–water partition coefficient (Wildman–Crippen LogP) is 9.43. The summed E-state index contributed by atoms with van der Waals surface area (Å²) in [5.74, 6) is 0. The van der Waals surface area contributed by atoms with E-state index in [9.17, 15) is 0 Å². The molecule has 57 heavy (non-hydrogen) atoms. The van der Waals surface area contributed by atoms with Crippen LogP contribution in [0.4, 0.5) is 0 Å². The molecule has 0 saturated carbocycles. The van der Waals surface area contributed by atoms with Crippen molar-refractivity contribution in [3.05, 3.63) is 243 Å². The second kappa shape index (κ2) is 23.4. The Balaban J connectivity index is 0.000000189. The van der Waals surface area contributed by atoms with E-state index in [-0.39, 0.29) is 17.1 Å². The SMILES string of the molecule is [Fe].c1ccc([PH+](CC[PH+](c2ccccc2)c2ccccc2)c2ccccc2)cc1.c1ccc([PH+](CC[PH+](c2ccccc2)c2ccccc2)c2ccccc2)cc1. The van der Waals surface area contributed by atoms with Crippen molar-refractivity contribution in [2.45, 2.75) is 0 Å². The number of hydrogen-bond donors (Lipinski definition) is 0. The van der Waals surface area contributed by atoms with Gasteiger partial charge in [-0.1, -0.05) is 146 Å². The number of rotatable bonds is 14. The van der Waals surface area contributed by atoms with Crippen LogP contribution in [-0.4, -0.2) is 24.6 Å². The van der Waals surface area contributed by atoms with E-state index in [0.717, 1.165) is 0 Å². The third kappa shape index (κ3) is 12.5. The van der Waals surface area contributed by atoms with Crippen LogP contribution < -0.4 is 42.4 Å². The zero-order valence-corrected chi connectivity index (χ0v) is 37.4. The molecule has 0 radical (unpaired) electrons. The average Bonchev–Trinajstić information content (AvgIpc) is 3.29. The fourth-order valence-electron chi connectivity index (χ4n) is 7.44. The van der Waals surface area contributed by atoms with Crippen LogP contribution in [0.15, 0.2) is 243 Å². The second-order valence-electron chi connectivity index (χ2n) is 13.8. The molecule has 5 heteroatoms. The molecule has 8 rings (SSSR count). The summed E-state index contributed by atoms with van der Waals surface area (Å²) in [6, 6.07) is 89.0. The Labute approximate surface area is 356 Å². The van der Waals surface area contributed by atoms with Crippen LogP contribution in [0, 0.1) is 0 Å². The van der Waals surface area contributed by atoms with Crippen LogP contribution in [-0.2, 0) is 17.1 Å². The minimum atomic E-state index is -0.783. The summed E-state index contributed by atoms with van der Waals surface area (Å²) < 4.78 is 0. The molecule has 0 atom stereocenters. The van der Waals surface area contributed by atoms with Gasteiger partial charge in [0.2, 0.25) is 0 Å². The van der Waals surface area contributed by atoms with Crippen molar-refractivity contribution in [3.8, 4) is 0 Å². The molecule has 8 aromatic carbocycles. The topological polar surface area (TPSA) is 0 Å². The number of benzene rings is 8. The van der Waals surface area contributed by atoms with Crippen molar-refractivity contribution in [3.63, 3.8) is 0 Å². The predicted molar refractivity (Wildman–Crippen MR) is 261 cm³/mol. The first kappa shape index (κ1) is 42.6. The van der Waals surface area contributed by atoms with E-state index in [1.807, 2.05) is 0 Å². The molecule has 0 aromatic heterocycles. The maximum absolute atomic E-state index is 2.32. The summed E-state index contributed by atoms with van der Waals surface area (Å²) in [6.45, 7) is 0. The molecule has 0 heterocycles. The minimum absolute atomic E-state index is 0. The van der Waals surface area contributed by atoms with Gasteiger partial charge in [0, 0.05) is 17.1 Å². The quantitative estimate of drug-likeness (QED) is 0.0756. The van der Waals surface area contributed by atoms with E-state index in [4.69, 9.17) is 0 Å². The van der Waals surface area contributed by atoms with Gasteiger partial charge >= 0.3 is 0 Å². The maximum atomic E-state index is 2.32. The van der Waals surface area contributed by atoms with Crippen LogP contribution in [0.25, 0.3) is 0 Å². The third-order valence-electron chi connectivity index (χ3n) is 10.2. The zero-order chi connectivity index (χ0) is 38.0. The number of hydrogen-bond acceptors (Lipinski definition) is 0. The average molecular weight is 857 g/mol. The zero-order valence-electron chi connectivity index (χ0n) is 32.3. The molecular formula is C52H52FeP4+4. The van der Waals surface area contributed by atoms with E-state index < -0.39 is 31.7 Å². The third-order valence-corrected chi connectivity index (χ3v) is 22.5. The Morgan fingerprint density at radius 2 is 0.281 bits per heavy atom. The monoisotopic (exact) mass is 856 g/mol. The normalized spacial score (nSPS) is 10.9. The molecule has 0 nitrogen and oxygen atoms in total. The summed E-state index contributed by atoms with van der Waals surface area (Å²) >= 11 is 0. The molecule has 0 aliphatic heterocycles. The summed E-state index contributed by atoms with van der Waals surface area (Å²) in [7, 11) is -3.13. The van der Waals surface area contributed by atoms with E-state index in [1.165, 1.54) is 67.1 Å². The molecule has 0 unspecified atom stereocenters. The fraction of sp³-hybridized carbons (Fsp3) is 0.0769. The molecule has 0 amide bonds. The first-order chi connectivity index (χ1) is 27.8. The summed E-state index contributed by atoms with van der Waals surface area (Å²) in [4.78, 5) is 0. The second-order valence-corrected chi connectivity index (χ2v) is 24.3. The molecule has 284 valence electrons. The first-order valence-corrected chi connectivity index (χ1v) is 26.5. The van der Waals surface area contributed by atoms with Crippen molar-refractivity contribution >= 4 is 74.1 Å². The Kier molecular flexibility index (Phi) is 17.5. The fourth-order valence-corrected chi connectivity index (χ4v) is 19.8. The Hall–Kier alpha value is -4.00.